The highest BCUT2D eigenvalue weighted by molar-refractivity contribution is 4.95. The molecule has 0 aliphatic heterocycles. The summed E-state index contributed by atoms with van der Waals surface area (Å²) in [6.45, 7) is 6.14. The van der Waals surface area contributed by atoms with Crippen LogP contribution in [-0.2, 0) is 0 Å². The summed E-state index contributed by atoms with van der Waals surface area (Å²) in [6.07, 6.45) is 1.92. The molecule has 0 radical (unpaired) electrons. The first kappa shape index (κ1) is 10.2. The fraction of sp³-hybridized carbons (Fsp3) is 0.778. The molecule has 2 N–H and O–H groups in total. The highest BCUT2D eigenvalue weighted by Gasteiger charge is 2.14. The quantitative estimate of drug-likeness (QED) is 0.775. The van der Waals surface area contributed by atoms with E-state index < -0.39 is 0 Å². The lowest BCUT2D eigenvalue weighted by Crippen LogP contribution is -2.10. The molecule has 4 nitrogen and oxygen atoms in total. The molecule has 4 heteroatoms. The fourth-order valence-corrected chi connectivity index (χ4v) is 1.07. The summed E-state index contributed by atoms with van der Waals surface area (Å²) in [7, 11) is 0. The van der Waals surface area contributed by atoms with Gasteiger partial charge in [0.25, 0.3) is 0 Å². The molecule has 0 spiro atoms. The molecule has 0 aromatic carbocycles. The summed E-state index contributed by atoms with van der Waals surface area (Å²) < 4.78 is 5.05. The second-order valence-corrected chi connectivity index (χ2v) is 3.54. The van der Waals surface area contributed by atoms with Crippen LogP contribution in [0.4, 0.5) is 0 Å². The van der Waals surface area contributed by atoms with E-state index in [0.29, 0.717) is 11.8 Å². The van der Waals surface area contributed by atoms with Crippen LogP contribution in [0.3, 0.4) is 0 Å². The number of nitrogens with zero attached hydrogens (tertiary/aromatic N) is 2. The van der Waals surface area contributed by atoms with E-state index in [0.717, 1.165) is 18.7 Å². The van der Waals surface area contributed by atoms with Crippen molar-refractivity contribution in [1.29, 1.82) is 0 Å². The van der Waals surface area contributed by atoms with Crippen molar-refractivity contribution < 1.29 is 4.52 Å². The van der Waals surface area contributed by atoms with Crippen molar-refractivity contribution in [3.63, 3.8) is 0 Å². The van der Waals surface area contributed by atoms with E-state index in [1.54, 1.807) is 0 Å². The predicted octanol–water partition coefficient (Wildman–Crippen LogP) is 1.99. The summed E-state index contributed by atoms with van der Waals surface area (Å²) >= 11 is 0. The van der Waals surface area contributed by atoms with Crippen molar-refractivity contribution >= 4 is 0 Å². The molecule has 0 saturated heterocycles. The molecule has 0 bridgehead atoms. The second kappa shape index (κ2) is 4.37. The van der Waals surface area contributed by atoms with Crippen LogP contribution < -0.4 is 5.73 Å². The van der Waals surface area contributed by atoms with Crippen LogP contribution >= 0.6 is 0 Å². The SMILES string of the molecule is CCCC(N)c1nc(C(C)C)no1. The third-order valence-electron chi connectivity index (χ3n) is 1.89. The van der Waals surface area contributed by atoms with Crippen molar-refractivity contribution in [3.8, 4) is 0 Å². The third kappa shape index (κ3) is 2.52. The van der Waals surface area contributed by atoms with Gasteiger partial charge in [-0.3, -0.25) is 0 Å². The Labute approximate surface area is 78.5 Å². The summed E-state index contributed by atoms with van der Waals surface area (Å²) in [4.78, 5) is 4.23. The highest BCUT2D eigenvalue weighted by Crippen LogP contribution is 2.16. The Bertz CT molecular complexity index is 257. The molecule has 1 rings (SSSR count). The molecule has 1 heterocycles. The van der Waals surface area contributed by atoms with Crippen LogP contribution in [0.5, 0.6) is 0 Å². The normalized spacial score (nSPS) is 13.6. The maximum atomic E-state index is 5.82. The van der Waals surface area contributed by atoms with Crippen LogP contribution in [0.2, 0.25) is 0 Å². The molecule has 1 aromatic heterocycles. The van der Waals surface area contributed by atoms with Gasteiger partial charge in [-0.1, -0.05) is 32.3 Å². The van der Waals surface area contributed by atoms with E-state index in [1.807, 2.05) is 13.8 Å². The molecule has 13 heavy (non-hydrogen) atoms. The smallest absolute Gasteiger partial charge is 0.243 e. The summed E-state index contributed by atoms with van der Waals surface area (Å²) in [5.74, 6) is 1.60. The third-order valence-corrected chi connectivity index (χ3v) is 1.89. The fourth-order valence-electron chi connectivity index (χ4n) is 1.07. The lowest BCUT2D eigenvalue weighted by molar-refractivity contribution is 0.343. The van der Waals surface area contributed by atoms with E-state index in [2.05, 4.69) is 17.1 Å². The van der Waals surface area contributed by atoms with Gasteiger partial charge in [0.05, 0.1) is 6.04 Å². The molecule has 0 saturated carbocycles. The Morgan fingerprint density at radius 3 is 2.62 bits per heavy atom. The lowest BCUT2D eigenvalue weighted by atomic mass is 10.2. The number of hydrogen-bond donors (Lipinski definition) is 1. The van der Waals surface area contributed by atoms with E-state index in [9.17, 15) is 0 Å². The minimum Gasteiger partial charge on any atom is -0.338 e. The van der Waals surface area contributed by atoms with Gasteiger partial charge in [0.1, 0.15) is 0 Å². The maximum Gasteiger partial charge on any atom is 0.243 e. The van der Waals surface area contributed by atoms with Crippen molar-refractivity contribution in [2.75, 3.05) is 0 Å². The largest absolute Gasteiger partial charge is 0.338 e. The summed E-state index contributed by atoms with van der Waals surface area (Å²) in [5, 5.41) is 3.85. The van der Waals surface area contributed by atoms with Crippen LogP contribution in [0, 0.1) is 0 Å². The van der Waals surface area contributed by atoms with E-state index >= 15 is 0 Å². The number of hydrogen-bond acceptors (Lipinski definition) is 4. The van der Waals surface area contributed by atoms with E-state index in [1.165, 1.54) is 0 Å². The molecule has 1 unspecified atom stereocenters. The van der Waals surface area contributed by atoms with Crippen LogP contribution in [0.15, 0.2) is 4.52 Å². The molecule has 0 amide bonds. The van der Waals surface area contributed by atoms with Crippen LogP contribution in [0.1, 0.15) is 57.3 Å². The van der Waals surface area contributed by atoms with E-state index in [-0.39, 0.29) is 6.04 Å². The Kier molecular flexibility index (Phi) is 3.42. The Balaban J connectivity index is 2.67. The monoisotopic (exact) mass is 183 g/mol. The predicted molar refractivity (Wildman–Crippen MR) is 50.2 cm³/mol. The first-order chi connectivity index (χ1) is 6.15. The Hall–Kier alpha value is -0.900. The van der Waals surface area contributed by atoms with Gasteiger partial charge in [0.2, 0.25) is 5.89 Å². The zero-order valence-electron chi connectivity index (χ0n) is 8.45. The zero-order valence-corrected chi connectivity index (χ0v) is 8.45. The van der Waals surface area contributed by atoms with E-state index in [4.69, 9.17) is 10.3 Å². The molecule has 0 aliphatic rings. The van der Waals surface area contributed by atoms with Gasteiger partial charge in [0, 0.05) is 5.92 Å². The van der Waals surface area contributed by atoms with Gasteiger partial charge in [-0.05, 0) is 6.42 Å². The number of aromatic nitrogens is 2. The standard InChI is InChI=1S/C9H17N3O/c1-4-5-7(10)9-11-8(6(2)3)12-13-9/h6-7H,4-5,10H2,1-3H3. The van der Waals surface area contributed by atoms with Gasteiger partial charge in [0.15, 0.2) is 5.82 Å². The maximum absolute atomic E-state index is 5.82. The van der Waals surface area contributed by atoms with Crippen molar-refractivity contribution in [3.05, 3.63) is 11.7 Å². The second-order valence-electron chi connectivity index (χ2n) is 3.54. The molecule has 0 aliphatic carbocycles. The van der Waals surface area contributed by atoms with Crippen LogP contribution in [-0.4, -0.2) is 10.1 Å². The molecule has 1 aromatic rings. The summed E-state index contributed by atoms with van der Waals surface area (Å²) in [5.41, 5.74) is 5.82. The van der Waals surface area contributed by atoms with Gasteiger partial charge in [-0.25, -0.2) is 0 Å². The van der Waals surface area contributed by atoms with Crippen molar-refractivity contribution in [2.24, 2.45) is 5.73 Å². The van der Waals surface area contributed by atoms with Gasteiger partial charge in [-0.15, -0.1) is 0 Å². The van der Waals surface area contributed by atoms with Gasteiger partial charge >= 0.3 is 0 Å². The topological polar surface area (TPSA) is 64.9 Å². The minimum atomic E-state index is -0.106. The molecule has 1 atom stereocenters. The van der Waals surface area contributed by atoms with Crippen molar-refractivity contribution in [1.82, 2.24) is 10.1 Å². The Morgan fingerprint density at radius 1 is 1.46 bits per heavy atom. The van der Waals surface area contributed by atoms with Gasteiger partial charge in [-0.2, -0.15) is 4.98 Å². The molecule has 74 valence electrons. The summed E-state index contributed by atoms with van der Waals surface area (Å²) in [6, 6.07) is -0.106. The molecular formula is C9H17N3O. The van der Waals surface area contributed by atoms with Crippen molar-refractivity contribution in [2.45, 2.75) is 45.6 Å². The average molecular weight is 183 g/mol. The van der Waals surface area contributed by atoms with Crippen LogP contribution in [0.25, 0.3) is 0 Å². The number of nitrogens with two attached hydrogens (primary N) is 1. The number of rotatable bonds is 4. The first-order valence-electron chi connectivity index (χ1n) is 4.74. The first-order valence-corrected chi connectivity index (χ1v) is 4.74. The van der Waals surface area contributed by atoms with Gasteiger partial charge < -0.3 is 10.3 Å². The lowest BCUT2D eigenvalue weighted by Gasteiger charge is -2.02. The highest BCUT2D eigenvalue weighted by atomic mass is 16.5. The zero-order chi connectivity index (χ0) is 9.84. The molecular weight excluding hydrogens is 166 g/mol. The average Bonchev–Trinajstić information content (AvgIpc) is 2.52. The molecule has 0 fully saturated rings. The Morgan fingerprint density at radius 2 is 2.15 bits per heavy atom. The minimum absolute atomic E-state index is 0.106.